The average molecular weight is 259 g/mol. The number of carbonyl (C=O) groups excluding carboxylic acids is 1. The van der Waals surface area contributed by atoms with E-state index in [-0.39, 0.29) is 11.3 Å². The number of carbonyl (C=O) groups is 1. The predicted octanol–water partition coefficient (Wildman–Crippen LogP) is 0.474. The van der Waals surface area contributed by atoms with Crippen molar-refractivity contribution in [1.82, 2.24) is 19.9 Å². The van der Waals surface area contributed by atoms with Crippen LogP contribution < -0.4 is 11.1 Å². The molecule has 1 saturated carbocycles. The molecule has 0 aliphatic heterocycles. The van der Waals surface area contributed by atoms with Crippen LogP contribution in [-0.2, 0) is 11.3 Å². The quantitative estimate of drug-likeness (QED) is 0.836. The molecule has 1 fully saturated rings. The van der Waals surface area contributed by atoms with Crippen molar-refractivity contribution in [3.63, 3.8) is 0 Å². The highest BCUT2D eigenvalue weighted by atomic mass is 16.2. The zero-order valence-electron chi connectivity index (χ0n) is 10.7. The van der Waals surface area contributed by atoms with Crippen molar-refractivity contribution in [3.05, 3.63) is 30.2 Å². The van der Waals surface area contributed by atoms with Gasteiger partial charge >= 0.3 is 0 Å². The average Bonchev–Trinajstić information content (AvgIpc) is 2.79. The van der Waals surface area contributed by atoms with Crippen LogP contribution in [0.15, 0.2) is 24.4 Å². The highest BCUT2D eigenvalue weighted by Gasteiger charge is 2.42. The van der Waals surface area contributed by atoms with Crippen molar-refractivity contribution >= 4 is 11.6 Å². The Bertz CT molecular complexity index is 596. The molecule has 1 aliphatic carbocycles. The Kier molecular flexibility index (Phi) is 2.94. The summed E-state index contributed by atoms with van der Waals surface area (Å²) in [4.78, 5) is 12.2. The number of nitrogens with two attached hydrogens (primary N) is 1. The minimum atomic E-state index is -0.347. The number of hydrogen-bond donors (Lipinski definition) is 2. The molecule has 3 N–H and O–H groups in total. The topological polar surface area (TPSA) is 85.3 Å². The molecular formula is C13H17N5O. The summed E-state index contributed by atoms with van der Waals surface area (Å²) in [6, 6.07) is 5.70. The van der Waals surface area contributed by atoms with E-state index in [1.807, 2.05) is 28.8 Å². The molecule has 0 spiro atoms. The largest absolute Gasteiger partial charge is 0.348 e. The Morgan fingerprint density at radius 1 is 1.42 bits per heavy atom. The Morgan fingerprint density at radius 3 is 2.95 bits per heavy atom. The number of aromatic nitrogens is 3. The number of fused-ring (bicyclic) bond motifs is 1. The fourth-order valence-corrected chi connectivity index (χ4v) is 2.49. The third-order valence-corrected chi connectivity index (χ3v) is 3.97. The lowest BCUT2D eigenvalue weighted by Crippen LogP contribution is -2.50. The van der Waals surface area contributed by atoms with Crippen molar-refractivity contribution in [2.45, 2.75) is 25.8 Å². The van der Waals surface area contributed by atoms with Gasteiger partial charge in [-0.15, -0.1) is 10.2 Å². The fourth-order valence-electron chi connectivity index (χ4n) is 2.49. The van der Waals surface area contributed by atoms with Crippen LogP contribution >= 0.6 is 0 Å². The van der Waals surface area contributed by atoms with Gasteiger partial charge in [-0.1, -0.05) is 12.5 Å². The molecule has 2 aromatic rings. The normalized spacial score (nSPS) is 17.1. The maximum absolute atomic E-state index is 12.2. The van der Waals surface area contributed by atoms with Gasteiger partial charge in [-0.25, -0.2) is 0 Å². The van der Waals surface area contributed by atoms with Crippen LogP contribution in [0, 0.1) is 5.41 Å². The summed E-state index contributed by atoms with van der Waals surface area (Å²) in [5, 5.41) is 11.1. The molecule has 6 heteroatoms. The molecule has 100 valence electrons. The first-order valence-corrected chi connectivity index (χ1v) is 6.52. The first-order valence-electron chi connectivity index (χ1n) is 6.52. The Balaban J connectivity index is 1.71. The number of rotatable bonds is 4. The van der Waals surface area contributed by atoms with Crippen LogP contribution in [0.1, 0.15) is 25.1 Å². The fraction of sp³-hybridized carbons (Fsp3) is 0.462. The summed E-state index contributed by atoms with van der Waals surface area (Å²) in [5.74, 6) is 0.768. The maximum atomic E-state index is 12.2. The SMILES string of the molecule is NCC1(C(=O)NCc2nnc3ccccn23)CCC1. The molecule has 1 amide bonds. The van der Waals surface area contributed by atoms with Gasteiger partial charge in [0.2, 0.25) is 5.91 Å². The van der Waals surface area contributed by atoms with E-state index < -0.39 is 0 Å². The van der Waals surface area contributed by atoms with E-state index in [4.69, 9.17) is 5.73 Å². The van der Waals surface area contributed by atoms with Crippen LogP contribution in [0.3, 0.4) is 0 Å². The smallest absolute Gasteiger partial charge is 0.227 e. The molecule has 6 nitrogen and oxygen atoms in total. The van der Waals surface area contributed by atoms with Crippen molar-refractivity contribution in [2.75, 3.05) is 6.54 Å². The van der Waals surface area contributed by atoms with Crippen molar-refractivity contribution < 1.29 is 4.79 Å². The number of nitrogens with one attached hydrogen (secondary N) is 1. The zero-order chi connectivity index (χ0) is 13.3. The highest BCUT2D eigenvalue weighted by molar-refractivity contribution is 5.83. The van der Waals surface area contributed by atoms with Crippen LogP contribution in [0.2, 0.25) is 0 Å². The van der Waals surface area contributed by atoms with Gasteiger partial charge in [-0.2, -0.15) is 0 Å². The molecule has 19 heavy (non-hydrogen) atoms. The highest BCUT2D eigenvalue weighted by Crippen LogP contribution is 2.39. The summed E-state index contributed by atoms with van der Waals surface area (Å²) in [6.07, 6.45) is 4.74. The van der Waals surface area contributed by atoms with Gasteiger partial charge in [0.05, 0.1) is 12.0 Å². The zero-order valence-corrected chi connectivity index (χ0v) is 10.7. The van der Waals surface area contributed by atoms with E-state index in [9.17, 15) is 4.79 Å². The third-order valence-electron chi connectivity index (χ3n) is 3.97. The molecule has 0 radical (unpaired) electrons. The molecule has 2 aromatic heterocycles. The molecule has 0 bridgehead atoms. The van der Waals surface area contributed by atoms with Crippen molar-refractivity contribution in [1.29, 1.82) is 0 Å². The number of hydrogen-bond acceptors (Lipinski definition) is 4. The molecule has 3 rings (SSSR count). The van der Waals surface area contributed by atoms with Crippen LogP contribution in [0.25, 0.3) is 5.65 Å². The second-order valence-corrected chi connectivity index (χ2v) is 5.07. The van der Waals surface area contributed by atoms with Crippen LogP contribution in [0.5, 0.6) is 0 Å². The molecule has 0 unspecified atom stereocenters. The van der Waals surface area contributed by atoms with Gasteiger partial charge in [-0.05, 0) is 25.0 Å². The molecular weight excluding hydrogens is 242 g/mol. The van der Waals surface area contributed by atoms with Gasteiger partial charge < -0.3 is 11.1 Å². The number of nitrogens with zero attached hydrogens (tertiary/aromatic N) is 3. The Morgan fingerprint density at radius 2 is 2.26 bits per heavy atom. The molecule has 0 atom stereocenters. The summed E-state index contributed by atoms with van der Waals surface area (Å²) in [7, 11) is 0. The van der Waals surface area contributed by atoms with E-state index >= 15 is 0 Å². The van der Waals surface area contributed by atoms with E-state index in [2.05, 4.69) is 15.5 Å². The van der Waals surface area contributed by atoms with E-state index in [1.165, 1.54) is 0 Å². The first-order chi connectivity index (χ1) is 9.25. The van der Waals surface area contributed by atoms with Gasteiger partial charge in [0.15, 0.2) is 11.5 Å². The van der Waals surface area contributed by atoms with Crippen LogP contribution in [0.4, 0.5) is 0 Å². The minimum Gasteiger partial charge on any atom is -0.348 e. The lowest BCUT2D eigenvalue weighted by Gasteiger charge is -2.38. The summed E-state index contributed by atoms with van der Waals surface area (Å²) < 4.78 is 1.87. The molecule has 0 saturated heterocycles. The second kappa shape index (κ2) is 4.62. The Labute approximate surface area is 111 Å². The van der Waals surface area contributed by atoms with Crippen molar-refractivity contribution in [2.24, 2.45) is 11.1 Å². The van der Waals surface area contributed by atoms with Gasteiger partial charge in [0.1, 0.15) is 0 Å². The standard InChI is InChI=1S/C13H17N5O/c14-9-13(5-3-6-13)12(19)15-8-11-17-16-10-4-1-2-7-18(10)11/h1-2,4,7H,3,5-6,8-9,14H2,(H,15,19). The molecule has 0 aromatic carbocycles. The maximum Gasteiger partial charge on any atom is 0.227 e. The monoisotopic (exact) mass is 259 g/mol. The first kappa shape index (κ1) is 12.1. The lowest BCUT2D eigenvalue weighted by molar-refractivity contribution is -0.135. The lowest BCUT2D eigenvalue weighted by atomic mass is 9.68. The Hall–Kier alpha value is -1.95. The molecule has 1 aliphatic rings. The van der Waals surface area contributed by atoms with Gasteiger partial charge in [0, 0.05) is 12.7 Å². The van der Waals surface area contributed by atoms with Crippen LogP contribution in [-0.4, -0.2) is 27.0 Å². The van der Waals surface area contributed by atoms with Gasteiger partial charge in [0.25, 0.3) is 0 Å². The summed E-state index contributed by atoms with van der Waals surface area (Å²) >= 11 is 0. The minimum absolute atomic E-state index is 0.0360. The number of pyridine rings is 1. The molecule has 2 heterocycles. The van der Waals surface area contributed by atoms with E-state index in [0.29, 0.717) is 13.1 Å². The van der Waals surface area contributed by atoms with E-state index in [1.54, 1.807) is 0 Å². The predicted molar refractivity (Wildman–Crippen MR) is 70.2 cm³/mol. The third kappa shape index (κ3) is 1.98. The van der Waals surface area contributed by atoms with E-state index in [0.717, 1.165) is 30.7 Å². The van der Waals surface area contributed by atoms with Gasteiger partial charge in [-0.3, -0.25) is 9.20 Å². The second-order valence-electron chi connectivity index (χ2n) is 5.07. The number of amides is 1. The van der Waals surface area contributed by atoms with Crippen molar-refractivity contribution in [3.8, 4) is 0 Å². The summed E-state index contributed by atoms with van der Waals surface area (Å²) in [6.45, 7) is 0.797. The summed E-state index contributed by atoms with van der Waals surface area (Å²) in [5.41, 5.74) is 6.15.